The number of fused-ring (bicyclic) bond motifs is 1. The highest BCUT2D eigenvalue weighted by molar-refractivity contribution is 7.92. The Morgan fingerprint density at radius 2 is 1.86 bits per heavy atom. The summed E-state index contributed by atoms with van der Waals surface area (Å²) in [7, 11) is -3.56. The predicted molar refractivity (Wildman–Crippen MR) is 106 cm³/mol. The van der Waals surface area contributed by atoms with E-state index in [1.54, 1.807) is 12.1 Å². The first-order chi connectivity index (χ1) is 13.2. The molecule has 28 heavy (non-hydrogen) atoms. The smallest absolute Gasteiger partial charge is 0.340 e. The highest BCUT2D eigenvalue weighted by Gasteiger charge is 2.16. The molecule has 0 atom stereocenters. The average Bonchev–Trinajstić information content (AvgIpc) is 2.62. The molecule has 146 valence electrons. The number of carbonyl (C=O) groups is 1. The number of benzene rings is 2. The highest BCUT2D eigenvalue weighted by atomic mass is 32.2. The maximum absolute atomic E-state index is 12.5. The van der Waals surface area contributed by atoms with Crippen molar-refractivity contribution in [2.75, 3.05) is 11.0 Å². The van der Waals surface area contributed by atoms with Crippen molar-refractivity contribution in [3.05, 3.63) is 75.1 Å². The normalized spacial score (nSPS) is 11.4. The topological polar surface area (TPSA) is 103 Å². The minimum Gasteiger partial charge on any atom is -0.457 e. The summed E-state index contributed by atoms with van der Waals surface area (Å²) in [6, 6.07) is 11.1. The molecule has 0 saturated heterocycles. The summed E-state index contributed by atoms with van der Waals surface area (Å²) >= 11 is 0. The zero-order valence-corrected chi connectivity index (χ0v) is 16.4. The Bertz CT molecular complexity index is 1230. The van der Waals surface area contributed by atoms with Gasteiger partial charge in [0.05, 0.1) is 17.5 Å². The van der Waals surface area contributed by atoms with Crippen molar-refractivity contribution >= 4 is 32.6 Å². The number of anilines is 1. The van der Waals surface area contributed by atoms with Crippen molar-refractivity contribution in [2.45, 2.75) is 20.5 Å². The molecule has 0 fully saturated rings. The van der Waals surface area contributed by atoms with Crippen LogP contribution in [0.3, 0.4) is 0 Å². The third-order valence-corrected chi connectivity index (χ3v) is 4.91. The van der Waals surface area contributed by atoms with Crippen LogP contribution in [0.5, 0.6) is 0 Å². The second-order valence-electron chi connectivity index (χ2n) is 6.47. The van der Waals surface area contributed by atoms with Crippen LogP contribution in [0.25, 0.3) is 11.0 Å². The molecule has 7 nitrogen and oxygen atoms in total. The van der Waals surface area contributed by atoms with Crippen molar-refractivity contribution in [2.24, 2.45) is 0 Å². The van der Waals surface area contributed by atoms with Crippen molar-refractivity contribution in [1.29, 1.82) is 0 Å². The molecule has 0 spiro atoms. The van der Waals surface area contributed by atoms with Gasteiger partial charge in [0, 0.05) is 17.0 Å². The molecule has 1 heterocycles. The van der Waals surface area contributed by atoms with E-state index < -0.39 is 21.6 Å². The Kier molecular flexibility index (Phi) is 5.24. The Hall–Kier alpha value is -3.13. The molecule has 0 saturated carbocycles. The molecule has 2 aromatic carbocycles. The number of carbonyl (C=O) groups excluding carboxylic acids is 1. The van der Waals surface area contributed by atoms with Crippen LogP contribution in [0, 0.1) is 13.8 Å². The number of aryl methyl sites for hydroxylation is 2. The monoisotopic (exact) mass is 401 g/mol. The summed E-state index contributed by atoms with van der Waals surface area (Å²) in [6.07, 6.45) is 0.995. The van der Waals surface area contributed by atoms with E-state index in [1.165, 1.54) is 18.2 Å². The van der Waals surface area contributed by atoms with Crippen LogP contribution in [-0.4, -0.2) is 20.6 Å². The summed E-state index contributed by atoms with van der Waals surface area (Å²) in [5.41, 5.74) is 2.45. The van der Waals surface area contributed by atoms with E-state index in [-0.39, 0.29) is 17.9 Å². The molecule has 0 unspecified atom stereocenters. The van der Waals surface area contributed by atoms with Crippen molar-refractivity contribution in [3.63, 3.8) is 0 Å². The van der Waals surface area contributed by atoms with Crippen molar-refractivity contribution in [1.82, 2.24) is 0 Å². The van der Waals surface area contributed by atoms with E-state index in [9.17, 15) is 18.0 Å². The van der Waals surface area contributed by atoms with Gasteiger partial charge >= 0.3 is 11.6 Å². The molecular formula is C20H19NO6S. The van der Waals surface area contributed by atoms with Crippen LogP contribution in [-0.2, 0) is 21.4 Å². The van der Waals surface area contributed by atoms with Crippen LogP contribution in [0.15, 0.2) is 51.7 Å². The Labute approximate surface area is 162 Å². The minimum absolute atomic E-state index is 0.0761. The van der Waals surface area contributed by atoms with Gasteiger partial charge in [0.2, 0.25) is 10.0 Å². The predicted octanol–water partition coefficient (Wildman–Crippen LogP) is 3.14. The van der Waals surface area contributed by atoms with Gasteiger partial charge in [-0.1, -0.05) is 24.3 Å². The van der Waals surface area contributed by atoms with Crippen LogP contribution >= 0.6 is 0 Å². The second kappa shape index (κ2) is 7.47. The summed E-state index contributed by atoms with van der Waals surface area (Å²) in [5, 5.41) is 0.679. The van der Waals surface area contributed by atoms with Crippen LogP contribution < -0.4 is 10.3 Å². The molecule has 8 heteroatoms. The summed E-state index contributed by atoms with van der Waals surface area (Å²) in [5.74, 6) is -0.711. The number of para-hydroxylation sites is 1. The number of hydrogen-bond acceptors (Lipinski definition) is 6. The fourth-order valence-corrected chi connectivity index (χ4v) is 3.39. The van der Waals surface area contributed by atoms with Crippen molar-refractivity contribution in [3.8, 4) is 0 Å². The van der Waals surface area contributed by atoms with Gasteiger partial charge in [-0.05, 0) is 37.1 Å². The lowest BCUT2D eigenvalue weighted by atomic mass is 10.0. The molecule has 1 N–H and O–H groups in total. The van der Waals surface area contributed by atoms with Crippen molar-refractivity contribution < 1.29 is 22.4 Å². The maximum Gasteiger partial charge on any atom is 0.340 e. The van der Waals surface area contributed by atoms with E-state index in [0.29, 0.717) is 16.5 Å². The first kappa shape index (κ1) is 19.6. The number of hydrogen-bond donors (Lipinski definition) is 1. The Morgan fingerprint density at radius 1 is 1.14 bits per heavy atom. The fourth-order valence-electron chi connectivity index (χ4n) is 2.81. The van der Waals surface area contributed by atoms with Gasteiger partial charge in [-0.25, -0.2) is 18.0 Å². The standard InChI is InChI=1S/C20H19NO6S/c1-12-8-9-15-14(10-18(22)27-19(15)13(12)2)11-26-20(23)16-6-4-5-7-17(16)21-28(3,24)25/h4-10,21H,11H2,1-3H3. The number of ether oxygens (including phenoxy) is 1. The number of rotatable bonds is 5. The highest BCUT2D eigenvalue weighted by Crippen LogP contribution is 2.24. The first-order valence-corrected chi connectivity index (χ1v) is 10.3. The number of nitrogens with one attached hydrogen (secondary N) is 1. The molecule has 3 rings (SSSR count). The van der Waals surface area contributed by atoms with Gasteiger partial charge < -0.3 is 9.15 Å². The lowest BCUT2D eigenvalue weighted by Crippen LogP contribution is -2.15. The van der Waals surface area contributed by atoms with E-state index in [0.717, 1.165) is 17.4 Å². The van der Waals surface area contributed by atoms with Crippen LogP contribution in [0.2, 0.25) is 0 Å². The van der Waals surface area contributed by atoms with Gasteiger partial charge in [-0.2, -0.15) is 0 Å². The molecule has 0 aliphatic carbocycles. The Balaban J connectivity index is 1.91. The third-order valence-electron chi connectivity index (χ3n) is 4.32. The lowest BCUT2D eigenvalue weighted by molar-refractivity contribution is 0.0475. The summed E-state index contributed by atoms with van der Waals surface area (Å²) < 4.78 is 35.9. The molecule has 0 aliphatic rings. The average molecular weight is 401 g/mol. The van der Waals surface area contributed by atoms with Gasteiger partial charge in [0.15, 0.2) is 0 Å². The van der Waals surface area contributed by atoms with Gasteiger partial charge in [-0.15, -0.1) is 0 Å². The van der Waals surface area contributed by atoms with Crippen LogP contribution in [0.1, 0.15) is 27.0 Å². The fraction of sp³-hybridized carbons (Fsp3) is 0.200. The maximum atomic E-state index is 12.5. The van der Waals surface area contributed by atoms with Gasteiger partial charge in [-0.3, -0.25) is 4.72 Å². The molecule has 0 aliphatic heterocycles. The molecule has 0 amide bonds. The summed E-state index contributed by atoms with van der Waals surface area (Å²) in [4.78, 5) is 24.4. The molecule has 1 aromatic heterocycles. The SMILES string of the molecule is Cc1ccc2c(COC(=O)c3ccccc3NS(C)(=O)=O)cc(=O)oc2c1C. The summed E-state index contributed by atoms with van der Waals surface area (Å²) in [6.45, 7) is 3.60. The number of esters is 1. The lowest BCUT2D eigenvalue weighted by Gasteiger charge is -2.12. The molecule has 0 bridgehead atoms. The minimum atomic E-state index is -3.56. The van der Waals surface area contributed by atoms with Gasteiger partial charge in [0.25, 0.3) is 0 Å². The van der Waals surface area contributed by atoms with E-state index >= 15 is 0 Å². The quantitative estimate of drug-likeness (QED) is 0.520. The number of sulfonamides is 1. The van der Waals surface area contributed by atoms with E-state index in [1.807, 2.05) is 26.0 Å². The zero-order valence-electron chi connectivity index (χ0n) is 15.6. The van der Waals surface area contributed by atoms with Crippen LogP contribution in [0.4, 0.5) is 5.69 Å². The molecule has 3 aromatic rings. The zero-order chi connectivity index (χ0) is 20.5. The molecular weight excluding hydrogens is 382 g/mol. The largest absolute Gasteiger partial charge is 0.457 e. The van der Waals surface area contributed by atoms with E-state index in [2.05, 4.69) is 4.72 Å². The molecule has 0 radical (unpaired) electrons. The Morgan fingerprint density at radius 3 is 2.57 bits per heavy atom. The first-order valence-electron chi connectivity index (χ1n) is 8.42. The second-order valence-corrected chi connectivity index (χ2v) is 8.22. The van der Waals surface area contributed by atoms with Gasteiger partial charge in [0.1, 0.15) is 12.2 Å². The van der Waals surface area contributed by atoms with E-state index in [4.69, 9.17) is 9.15 Å². The third kappa shape index (κ3) is 4.23.